The first-order chi connectivity index (χ1) is 25.2. The molecule has 0 unspecified atom stereocenters. The first-order valence-electron chi connectivity index (χ1n) is 16.0. The van der Waals surface area contributed by atoms with Gasteiger partial charge in [-0.05, 0) is 78.9 Å². The fraction of sp³-hybridized carbons (Fsp3) is 0.286. The Morgan fingerprint density at radius 2 is 1.64 bits per heavy atom. The van der Waals surface area contributed by atoms with Gasteiger partial charge in [0.25, 0.3) is 11.8 Å². The summed E-state index contributed by atoms with van der Waals surface area (Å²) in [7, 11) is 1.12. The first kappa shape index (κ1) is 38.4. The van der Waals surface area contributed by atoms with Crippen LogP contribution in [0.25, 0.3) is 0 Å². The van der Waals surface area contributed by atoms with Crippen molar-refractivity contribution in [3.05, 3.63) is 100 Å². The quantitative estimate of drug-likeness (QED) is 0.0685. The Kier molecular flexibility index (Phi) is 12.1. The van der Waals surface area contributed by atoms with Crippen LogP contribution in [0.2, 0.25) is 5.02 Å². The molecule has 1 heterocycles. The molecule has 0 spiro atoms. The van der Waals surface area contributed by atoms with Crippen LogP contribution in [-0.2, 0) is 31.1 Å². The van der Waals surface area contributed by atoms with E-state index in [9.17, 15) is 36.7 Å². The summed E-state index contributed by atoms with van der Waals surface area (Å²) in [4.78, 5) is 62.2. The van der Waals surface area contributed by atoms with E-state index in [1.807, 2.05) is 12.1 Å². The van der Waals surface area contributed by atoms with Crippen LogP contribution in [0.3, 0.4) is 0 Å². The lowest BCUT2D eigenvalue weighted by molar-refractivity contribution is -0.154. The van der Waals surface area contributed by atoms with Gasteiger partial charge in [-0.15, -0.1) is 0 Å². The molecule has 0 bridgehead atoms. The molecule has 0 aliphatic heterocycles. The molecule has 13 nitrogen and oxygen atoms in total. The Labute approximate surface area is 304 Å². The lowest BCUT2D eigenvalue weighted by atomic mass is 10.1. The van der Waals surface area contributed by atoms with Gasteiger partial charge in [-0.1, -0.05) is 35.9 Å². The Bertz CT molecular complexity index is 1960. The van der Waals surface area contributed by atoms with Crippen molar-refractivity contribution in [3.8, 4) is 6.01 Å². The highest BCUT2D eigenvalue weighted by molar-refractivity contribution is 6.36. The molecule has 1 atom stereocenters. The molecule has 0 saturated heterocycles. The number of carbonyl (C=O) groups excluding carboxylic acids is 4. The van der Waals surface area contributed by atoms with Crippen molar-refractivity contribution in [2.24, 2.45) is 0 Å². The highest BCUT2D eigenvalue weighted by atomic mass is 35.5. The van der Waals surface area contributed by atoms with Gasteiger partial charge in [0.2, 0.25) is 17.7 Å². The summed E-state index contributed by atoms with van der Waals surface area (Å²) in [5, 5.41) is 11.5. The zero-order valence-electron chi connectivity index (χ0n) is 27.9. The molecular weight excluding hydrogens is 726 g/mol. The van der Waals surface area contributed by atoms with Crippen LogP contribution in [0, 0.1) is 5.82 Å². The third-order valence-electron chi connectivity index (χ3n) is 7.90. The summed E-state index contributed by atoms with van der Waals surface area (Å²) < 4.78 is 61.8. The lowest BCUT2D eigenvalue weighted by Gasteiger charge is -2.19. The maximum Gasteiger partial charge on any atom is 0.422 e. The molecule has 4 aromatic rings. The van der Waals surface area contributed by atoms with Crippen LogP contribution < -0.4 is 26.0 Å². The Balaban J connectivity index is 1.21. The minimum absolute atomic E-state index is 0.0379. The van der Waals surface area contributed by atoms with Crippen LogP contribution in [0.5, 0.6) is 6.01 Å². The van der Waals surface area contributed by atoms with Crippen LogP contribution in [0.15, 0.2) is 72.8 Å². The standard InChI is InChI=1S/C35H32ClF4N7O6/c1-52-30(51)26(13-16-41-29(50)27(48)18-20-3-2-4-24(37)17-20)43-28(49)21-5-11-25(12-6-21)42-31-44-32(46-33(45-31)53-19-35(38,39)40)47-34(14-15-34)22-7-9-23(36)10-8-22/h2-12,17,26H,13-16,18-19H2,1H3,(H,41,50)(H,43,49)(H2,42,44,45,46,47)/t26-/m0/s1. The van der Waals surface area contributed by atoms with E-state index in [4.69, 9.17) is 21.1 Å². The van der Waals surface area contributed by atoms with Gasteiger partial charge < -0.3 is 30.7 Å². The molecule has 53 heavy (non-hydrogen) atoms. The topological polar surface area (TPSA) is 174 Å². The maximum atomic E-state index is 13.4. The van der Waals surface area contributed by atoms with E-state index >= 15 is 0 Å². The van der Waals surface area contributed by atoms with E-state index in [1.165, 1.54) is 42.5 Å². The Morgan fingerprint density at radius 1 is 0.943 bits per heavy atom. The number of amides is 2. The molecule has 1 fully saturated rings. The van der Waals surface area contributed by atoms with E-state index < -0.39 is 59.8 Å². The van der Waals surface area contributed by atoms with E-state index in [2.05, 4.69) is 36.2 Å². The maximum absolute atomic E-state index is 13.4. The van der Waals surface area contributed by atoms with E-state index in [0.29, 0.717) is 29.1 Å². The average molecular weight is 758 g/mol. The third kappa shape index (κ3) is 11.1. The zero-order valence-corrected chi connectivity index (χ0v) is 28.7. The number of ether oxygens (including phenoxy) is 2. The van der Waals surface area contributed by atoms with Gasteiger partial charge in [-0.25, -0.2) is 9.18 Å². The van der Waals surface area contributed by atoms with E-state index in [-0.39, 0.29) is 36.8 Å². The molecule has 278 valence electrons. The molecule has 1 aliphatic carbocycles. The summed E-state index contributed by atoms with van der Waals surface area (Å²) in [6.07, 6.45) is -3.68. The smallest absolute Gasteiger partial charge is 0.422 e. The number of benzene rings is 3. The second kappa shape index (κ2) is 16.7. The zero-order chi connectivity index (χ0) is 38.2. The molecule has 1 aromatic heterocycles. The summed E-state index contributed by atoms with van der Waals surface area (Å²) in [6.45, 7) is -1.80. The molecule has 0 radical (unpaired) electrons. The lowest BCUT2D eigenvalue weighted by Crippen LogP contribution is -2.44. The predicted molar refractivity (Wildman–Crippen MR) is 183 cm³/mol. The molecule has 1 aliphatic rings. The summed E-state index contributed by atoms with van der Waals surface area (Å²) in [5.74, 6) is -3.97. The number of hydrogen-bond acceptors (Lipinski definition) is 11. The molecule has 2 amide bonds. The number of carbonyl (C=O) groups is 4. The number of nitrogens with one attached hydrogen (secondary N) is 4. The molecule has 4 N–H and O–H groups in total. The van der Waals surface area contributed by atoms with Crippen LogP contribution in [0.4, 0.5) is 35.1 Å². The van der Waals surface area contributed by atoms with E-state index in [0.717, 1.165) is 18.7 Å². The SMILES string of the molecule is COC(=O)[C@H](CCNC(=O)C(=O)Cc1cccc(F)c1)NC(=O)c1ccc(Nc2nc(NC3(c4ccc(Cl)cc4)CC3)nc(OCC(F)(F)F)n2)cc1. The molecule has 18 heteroatoms. The van der Waals surface area contributed by atoms with Gasteiger partial charge in [-0.2, -0.15) is 28.1 Å². The highest BCUT2D eigenvalue weighted by Gasteiger charge is 2.45. The van der Waals surface area contributed by atoms with Gasteiger partial charge in [-0.3, -0.25) is 14.4 Å². The Hall–Kier alpha value is -5.84. The van der Waals surface area contributed by atoms with Crippen LogP contribution in [0.1, 0.15) is 40.7 Å². The highest BCUT2D eigenvalue weighted by Crippen LogP contribution is 2.48. The van der Waals surface area contributed by atoms with Crippen molar-refractivity contribution in [2.75, 3.05) is 30.9 Å². The van der Waals surface area contributed by atoms with Crippen LogP contribution >= 0.6 is 11.6 Å². The molecule has 3 aromatic carbocycles. The molecule has 5 rings (SSSR count). The van der Waals surface area contributed by atoms with Gasteiger partial charge in [0, 0.05) is 29.2 Å². The number of hydrogen-bond donors (Lipinski definition) is 4. The summed E-state index contributed by atoms with van der Waals surface area (Å²) in [5.41, 5.74) is 1.10. The Morgan fingerprint density at radius 3 is 2.28 bits per heavy atom. The van der Waals surface area contributed by atoms with Gasteiger partial charge in [0.15, 0.2) is 6.61 Å². The van der Waals surface area contributed by atoms with Crippen LogP contribution in [-0.4, -0.2) is 71.0 Å². The fourth-order valence-electron chi connectivity index (χ4n) is 5.08. The summed E-state index contributed by atoms with van der Waals surface area (Å²) >= 11 is 6.02. The van der Waals surface area contributed by atoms with Crippen molar-refractivity contribution < 1.29 is 46.2 Å². The average Bonchev–Trinajstić information content (AvgIpc) is 3.90. The first-order valence-corrected chi connectivity index (χ1v) is 16.4. The second-order valence-electron chi connectivity index (χ2n) is 11.9. The van der Waals surface area contributed by atoms with Crippen molar-refractivity contribution in [1.82, 2.24) is 25.6 Å². The van der Waals surface area contributed by atoms with Gasteiger partial charge in [0.1, 0.15) is 11.9 Å². The molecule has 1 saturated carbocycles. The number of nitrogens with zero attached hydrogens (tertiary/aromatic N) is 3. The second-order valence-corrected chi connectivity index (χ2v) is 12.3. The number of methoxy groups -OCH3 is 1. The number of halogens is 5. The number of ketones is 1. The molecular formula is C35H32ClF4N7O6. The largest absolute Gasteiger partial charge is 0.467 e. The van der Waals surface area contributed by atoms with Crippen molar-refractivity contribution in [3.63, 3.8) is 0 Å². The van der Waals surface area contributed by atoms with Gasteiger partial charge >= 0.3 is 18.2 Å². The number of Topliss-reactive ketones (excluding diaryl/α,β-unsaturated/α-hetero) is 1. The number of alkyl halides is 3. The number of anilines is 3. The predicted octanol–water partition coefficient (Wildman–Crippen LogP) is 5.04. The summed E-state index contributed by atoms with van der Waals surface area (Å²) in [6, 6.07) is 16.3. The fourth-order valence-corrected chi connectivity index (χ4v) is 5.21. The monoisotopic (exact) mass is 757 g/mol. The van der Waals surface area contributed by atoms with Crippen molar-refractivity contribution >= 4 is 52.8 Å². The van der Waals surface area contributed by atoms with E-state index in [1.54, 1.807) is 12.1 Å². The normalized spacial score (nSPS) is 13.6. The number of rotatable bonds is 16. The minimum Gasteiger partial charge on any atom is -0.467 e. The number of esters is 1. The van der Waals surface area contributed by atoms with Crippen molar-refractivity contribution in [1.29, 1.82) is 0 Å². The number of aromatic nitrogens is 3. The third-order valence-corrected chi connectivity index (χ3v) is 8.15. The van der Waals surface area contributed by atoms with Gasteiger partial charge in [0.05, 0.1) is 12.6 Å². The van der Waals surface area contributed by atoms with Crippen molar-refractivity contribution in [2.45, 2.75) is 43.4 Å². The minimum atomic E-state index is -4.64.